The van der Waals surface area contributed by atoms with Crippen LogP contribution in [0.1, 0.15) is 33.1 Å². The molecule has 0 saturated carbocycles. The minimum absolute atomic E-state index is 0.122. The van der Waals surface area contributed by atoms with Gasteiger partial charge in [-0.3, -0.25) is 4.79 Å². The zero-order valence-electron chi connectivity index (χ0n) is 7.97. The molecule has 0 aromatic heterocycles. The van der Waals surface area contributed by atoms with Gasteiger partial charge in [0.2, 0.25) is 5.91 Å². The van der Waals surface area contributed by atoms with Crippen molar-refractivity contribution in [3.8, 4) is 0 Å². The van der Waals surface area contributed by atoms with Crippen LogP contribution in [0.25, 0.3) is 0 Å². The Hall–Kier alpha value is -0.180. The van der Waals surface area contributed by atoms with Crippen molar-refractivity contribution in [1.82, 2.24) is 5.32 Å². The van der Waals surface area contributed by atoms with Crippen LogP contribution in [0, 0.1) is 5.92 Å². The number of carbonyl (C=O) groups excluding carboxylic acids is 1. The van der Waals surface area contributed by atoms with Gasteiger partial charge in [0.15, 0.2) is 0 Å². The van der Waals surface area contributed by atoms with E-state index in [0.717, 1.165) is 19.4 Å². The van der Waals surface area contributed by atoms with Gasteiger partial charge in [-0.15, -0.1) is 0 Å². The molecule has 0 fully saturated rings. The molecule has 0 aromatic rings. The number of carbonyl (C=O) groups is 1. The molecule has 0 heterocycles. The second-order valence-electron chi connectivity index (χ2n) is 2.96. The summed E-state index contributed by atoms with van der Waals surface area (Å²) >= 11 is 3.99. The van der Waals surface area contributed by atoms with E-state index in [9.17, 15) is 4.79 Å². The van der Waals surface area contributed by atoms with Crippen molar-refractivity contribution in [2.24, 2.45) is 5.92 Å². The molecule has 0 atom stereocenters. The number of hydrogen-bond acceptors (Lipinski definition) is 2. The minimum Gasteiger partial charge on any atom is -0.356 e. The van der Waals surface area contributed by atoms with E-state index in [1.165, 1.54) is 0 Å². The molecule has 0 aromatic carbocycles. The first-order chi connectivity index (χ1) is 5.74. The summed E-state index contributed by atoms with van der Waals surface area (Å²) in [5.74, 6) is 1.39. The molecule has 0 aliphatic carbocycles. The highest BCUT2D eigenvalue weighted by Crippen LogP contribution is 2.04. The zero-order valence-corrected chi connectivity index (χ0v) is 8.86. The average Bonchev–Trinajstić information content (AvgIpc) is 2.07. The van der Waals surface area contributed by atoms with Crippen LogP contribution >= 0.6 is 12.6 Å². The lowest BCUT2D eigenvalue weighted by Gasteiger charge is -2.12. The van der Waals surface area contributed by atoms with E-state index in [1.807, 2.05) is 0 Å². The molecule has 0 aliphatic heterocycles. The molecule has 1 amide bonds. The second kappa shape index (κ2) is 7.47. The maximum absolute atomic E-state index is 11.0. The second-order valence-corrected chi connectivity index (χ2v) is 3.41. The van der Waals surface area contributed by atoms with Crippen LogP contribution in [0.5, 0.6) is 0 Å². The third-order valence-corrected chi connectivity index (χ3v) is 2.31. The smallest absolute Gasteiger partial charge is 0.220 e. The number of thiol groups is 1. The Morgan fingerprint density at radius 1 is 1.42 bits per heavy atom. The minimum atomic E-state index is 0.122. The van der Waals surface area contributed by atoms with Crippen LogP contribution in [-0.4, -0.2) is 18.2 Å². The molecule has 0 radical (unpaired) electrons. The molecule has 3 heteroatoms. The maximum atomic E-state index is 11.0. The SMILES string of the molecule is CCC(CC)CNC(=O)CCS. The third-order valence-electron chi connectivity index (χ3n) is 2.08. The van der Waals surface area contributed by atoms with Gasteiger partial charge in [-0.05, 0) is 11.7 Å². The summed E-state index contributed by atoms with van der Waals surface area (Å²) in [5.41, 5.74) is 0. The van der Waals surface area contributed by atoms with E-state index in [-0.39, 0.29) is 5.91 Å². The quantitative estimate of drug-likeness (QED) is 0.614. The van der Waals surface area contributed by atoms with Crippen molar-refractivity contribution in [2.75, 3.05) is 12.3 Å². The van der Waals surface area contributed by atoms with E-state index in [2.05, 4.69) is 31.8 Å². The van der Waals surface area contributed by atoms with Crippen LogP contribution < -0.4 is 5.32 Å². The summed E-state index contributed by atoms with van der Waals surface area (Å²) in [6.07, 6.45) is 2.80. The summed E-state index contributed by atoms with van der Waals surface area (Å²) in [6, 6.07) is 0. The van der Waals surface area contributed by atoms with Crippen LogP contribution in [0.4, 0.5) is 0 Å². The Morgan fingerprint density at radius 2 is 2.00 bits per heavy atom. The number of rotatable bonds is 6. The van der Waals surface area contributed by atoms with E-state index in [4.69, 9.17) is 0 Å². The van der Waals surface area contributed by atoms with Gasteiger partial charge in [0, 0.05) is 13.0 Å². The van der Waals surface area contributed by atoms with Gasteiger partial charge in [-0.2, -0.15) is 12.6 Å². The molecule has 12 heavy (non-hydrogen) atoms. The Bertz CT molecular complexity index is 124. The maximum Gasteiger partial charge on any atom is 0.220 e. The predicted molar refractivity (Wildman–Crippen MR) is 55.6 cm³/mol. The fourth-order valence-electron chi connectivity index (χ4n) is 1.03. The van der Waals surface area contributed by atoms with Crippen molar-refractivity contribution < 1.29 is 4.79 Å². The van der Waals surface area contributed by atoms with Gasteiger partial charge in [-0.1, -0.05) is 26.7 Å². The van der Waals surface area contributed by atoms with E-state index >= 15 is 0 Å². The standard InChI is InChI=1S/C9H19NOS/c1-3-8(4-2)7-10-9(11)5-6-12/h8,12H,3-7H2,1-2H3,(H,10,11). The third kappa shape index (κ3) is 5.47. The van der Waals surface area contributed by atoms with E-state index < -0.39 is 0 Å². The zero-order chi connectivity index (χ0) is 9.40. The van der Waals surface area contributed by atoms with Crippen LogP contribution in [-0.2, 0) is 4.79 Å². The van der Waals surface area contributed by atoms with Gasteiger partial charge in [0.25, 0.3) is 0 Å². The van der Waals surface area contributed by atoms with Crippen molar-refractivity contribution in [1.29, 1.82) is 0 Å². The molecule has 0 spiro atoms. The Labute approximate surface area is 80.5 Å². The fourth-order valence-corrected chi connectivity index (χ4v) is 1.23. The van der Waals surface area contributed by atoms with Gasteiger partial charge >= 0.3 is 0 Å². The summed E-state index contributed by atoms with van der Waals surface area (Å²) in [6.45, 7) is 5.12. The van der Waals surface area contributed by atoms with E-state index in [1.54, 1.807) is 0 Å². The lowest BCUT2D eigenvalue weighted by atomic mass is 10.0. The summed E-state index contributed by atoms with van der Waals surface area (Å²) in [5, 5.41) is 2.90. The topological polar surface area (TPSA) is 29.1 Å². The number of hydrogen-bond donors (Lipinski definition) is 2. The highest BCUT2D eigenvalue weighted by molar-refractivity contribution is 7.80. The molecule has 72 valence electrons. The van der Waals surface area contributed by atoms with Crippen molar-refractivity contribution >= 4 is 18.5 Å². The molecule has 0 aliphatic rings. The first kappa shape index (κ1) is 11.8. The summed E-state index contributed by atoms with van der Waals surface area (Å²) in [7, 11) is 0. The molecule has 1 N–H and O–H groups in total. The predicted octanol–water partition coefficient (Wildman–Crippen LogP) is 1.86. The monoisotopic (exact) mass is 189 g/mol. The van der Waals surface area contributed by atoms with E-state index in [0.29, 0.717) is 18.1 Å². The lowest BCUT2D eigenvalue weighted by Crippen LogP contribution is -2.28. The van der Waals surface area contributed by atoms with Crippen molar-refractivity contribution in [3.05, 3.63) is 0 Å². The molecule has 0 saturated heterocycles. The van der Waals surface area contributed by atoms with Crippen molar-refractivity contribution in [3.63, 3.8) is 0 Å². The van der Waals surface area contributed by atoms with Gasteiger partial charge < -0.3 is 5.32 Å². The number of nitrogens with one attached hydrogen (secondary N) is 1. The molecule has 2 nitrogen and oxygen atoms in total. The average molecular weight is 189 g/mol. The fraction of sp³-hybridized carbons (Fsp3) is 0.889. The molecule has 0 rings (SSSR count). The number of amides is 1. The van der Waals surface area contributed by atoms with Crippen molar-refractivity contribution in [2.45, 2.75) is 33.1 Å². The van der Waals surface area contributed by atoms with Gasteiger partial charge in [0.05, 0.1) is 0 Å². The summed E-state index contributed by atoms with van der Waals surface area (Å²) < 4.78 is 0. The Balaban J connectivity index is 3.44. The lowest BCUT2D eigenvalue weighted by molar-refractivity contribution is -0.120. The Kier molecular flexibility index (Phi) is 7.36. The highest BCUT2D eigenvalue weighted by atomic mass is 32.1. The first-order valence-corrected chi connectivity index (χ1v) is 5.25. The van der Waals surface area contributed by atoms with Crippen LogP contribution in [0.15, 0.2) is 0 Å². The van der Waals surface area contributed by atoms with Gasteiger partial charge in [-0.25, -0.2) is 0 Å². The van der Waals surface area contributed by atoms with Crippen LogP contribution in [0.2, 0.25) is 0 Å². The highest BCUT2D eigenvalue weighted by Gasteiger charge is 2.04. The summed E-state index contributed by atoms with van der Waals surface area (Å²) in [4.78, 5) is 11.0. The molecule has 0 unspecified atom stereocenters. The first-order valence-electron chi connectivity index (χ1n) is 4.62. The largest absolute Gasteiger partial charge is 0.356 e. The normalized spacial score (nSPS) is 10.3. The Morgan fingerprint density at radius 3 is 2.42 bits per heavy atom. The molecular formula is C9H19NOS. The van der Waals surface area contributed by atoms with Crippen LogP contribution in [0.3, 0.4) is 0 Å². The molecular weight excluding hydrogens is 170 g/mol. The molecule has 0 bridgehead atoms. The van der Waals surface area contributed by atoms with Gasteiger partial charge in [0.1, 0.15) is 0 Å².